The van der Waals surface area contributed by atoms with Crippen molar-refractivity contribution in [1.29, 1.82) is 0 Å². The molecule has 1 aromatic rings. The van der Waals surface area contributed by atoms with Gasteiger partial charge in [-0.2, -0.15) is 0 Å². The number of aromatic nitrogens is 1. The zero-order valence-electron chi connectivity index (χ0n) is 18.1. The Kier molecular flexibility index (Phi) is 9.33. The summed E-state index contributed by atoms with van der Waals surface area (Å²) >= 11 is 19.8. The number of nitrogens with zero attached hydrogens (tertiary/aromatic N) is 1. The van der Waals surface area contributed by atoms with Gasteiger partial charge in [0, 0.05) is 33.9 Å². The zero-order chi connectivity index (χ0) is 21.8. The molecule has 4 unspecified atom stereocenters. The molecule has 0 radical (unpaired) electrons. The highest BCUT2D eigenvalue weighted by Gasteiger charge is 2.34. The van der Waals surface area contributed by atoms with Gasteiger partial charge in [-0.05, 0) is 57.3 Å². The predicted molar refractivity (Wildman–Crippen MR) is 122 cm³/mol. The molecule has 2 rings (SSSR count). The lowest BCUT2D eigenvalue weighted by molar-refractivity contribution is 0.180. The second-order valence-electron chi connectivity index (χ2n) is 9.04. The van der Waals surface area contributed by atoms with Crippen LogP contribution in [-0.2, 0) is 24.1 Å². The van der Waals surface area contributed by atoms with Gasteiger partial charge in [0.05, 0.1) is 13.2 Å². The monoisotopic (exact) mass is 467 g/mol. The summed E-state index contributed by atoms with van der Waals surface area (Å²) in [4.78, 5) is -0.256. The summed E-state index contributed by atoms with van der Waals surface area (Å²) in [5, 5.41) is 21.2. The molecule has 0 aliphatic heterocycles. The van der Waals surface area contributed by atoms with Crippen LogP contribution >= 0.6 is 34.8 Å². The lowest BCUT2D eigenvalue weighted by atomic mass is 9.81. The summed E-state index contributed by atoms with van der Waals surface area (Å²) in [6.07, 6.45) is 5.92. The van der Waals surface area contributed by atoms with Crippen molar-refractivity contribution < 1.29 is 14.9 Å². The topological polar surface area (TPSA) is 54.6 Å². The Morgan fingerprint density at radius 1 is 1.17 bits per heavy atom. The van der Waals surface area contributed by atoms with E-state index in [0.717, 1.165) is 43.2 Å². The summed E-state index contributed by atoms with van der Waals surface area (Å²) in [6.45, 7) is 7.21. The van der Waals surface area contributed by atoms with Crippen molar-refractivity contribution in [2.75, 3.05) is 13.7 Å². The highest BCUT2D eigenvalue weighted by molar-refractivity contribution is 6.24. The third-order valence-electron chi connectivity index (χ3n) is 6.25. The number of aromatic hydroxyl groups is 2. The molecular weight excluding hydrogens is 433 g/mol. The van der Waals surface area contributed by atoms with Crippen LogP contribution in [0.2, 0.25) is 0 Å². The molecule has 1 aliphatic carbocycles. The molecule has 1 aliphatic rings. The first-order valence-corrected chi connectivity index (χ1v) is 11.9. The number of hydrogen-bond acceptors (Lipinski definition) is 3. The fourth-order valence-corrected chi connectivity index (χ4v) is 4.91. The quantitative estimate of drug-likeness (QED) is 0.387. The van der Waals surface area contributed by atoms with Gasteiger partial charge in [-0.1, -0.05) is 20.3 Å². The van der Waals surface area contributed by atoms with E-state index in [1.165, 1.54) is 4.57 Å². The summed E-state index contributed by atoms with van der Waals surface area (Å²) in [7, 11) is 1.60. The zero-order valence-corrected chi connectivity index (χ0v) is 20.3. The van der Waals surface area contributed by atoms with Crippen LogP contribution in [-0.4, -0.2) is 44.1 Å². The number of hydrogen-bond donors (Lipinski definition) is 2. The molecule has 4 nitrogen and oxygen atoms in total. The SMILES string of the molecule is COCCn1c(O)c2c(c1O)CC(CCCC(C)(Cl)CCC(Cl)C(C)C)C(Cl)C2. The third-order valence-corrected chi connectivity index (χ3v) is 7.86. The number of ether oxygens (including phenoxy) is 1. The normalized spacial score (nSPS) is 22.5. The Bertz CT molecular complexity index is 660. The number of methoxy groups -OCH3 is 1. The van der Waals surface area contributed by atoms with Crippen LogP contribution in [0.25, 0.3) is 0 Å². The molecule has 0 amide bonds. The van der Waals surface area contributed by atoms with Gasteiger partial charge in [0.2, 0.25) is 0 Å². The van der Waals surface area contributed by atoms with Gasteiger partial charge >= 0.3 is 0 Å². The molecule has 1 aromatic heterocycles. The van der Waals surface area contributed by atoms with Crippen molar-refractivity contribution in [1.82, 2.24) is 4.57 Å². The highest BCUT2D eigenvalue weighted by atomic mass is 35.5. The van der Waals surface area contributed by atoms with E-state index in [1.54, 1.807) is 7.11 Å². The minimum Gasteiger partial charge on any atom is -0.494 e. The fraction of sp³-hybridized carbons (Fsp3) is 0.818. The summed E-state index contributed by atoms with van der Waals surface area (Å²) < 4.78 is 6.59. The minimum atomic E-state index is -0.256. The van der Waals surface area contributed by atoms with E-state index in [1.807, 2.05) is 0 Å². The Hall–Kier alpha value is -0.290. The van der Waals surface area contributed by atoms with Crippen molar-refractivity contribution in [3.8, 4) is 11.8 Å². The lowest BCUT2D eigenvalue weighted by Crippen LogP contribution is -2.26. The van der Waals surface area contributed by atoms with E-state index in [2.05, 4.69) is 20.8 Å². The Morgan fingerprint density at radius 2 is 1.79 bits per heavy atom. The largest absolute Gasteiger partial charge is 0.494 e. The predicted octanol–water partition coefficient (Wildman–Crippen LogP) is 6.08. The first-order chi connectivity index (χ1) is 13.6. The molecule has 2 N–H and O–H groups in total. The lowest BCUT2D eigenvalue weighted by Gasteiger charge is -2.29. The Balaban J connectivity index is 1.92. The first kappa shape index (κ1) is 25.0. The van der Waals surface area contributed by atoms with Gasteiger partial charge in [-0.3, -0.25) is 4.57 Å². The molecule has 1 heterocycles. The van der Waals surface area contributed by atoms with Crippen molar-refractivity contribution in [3.63, 3.8) is 0 Å². The maximum atomic E-state index is 10.6. The maximum absolute atomic E-state index is 10.6. The summed E-state index contributed by atoms with van der Waals surface area (Å²) in [5.41, 5.74) is 1.61. The van der Waals surface area contributed by atoms with Gasteiger partial charge in [0.15, 0.2) is 11.8 Å². The molecule has 4 atom stereocenters. The average Bonchev–Trinajstić information content (AvgIpc) is 2.88. The Labute approximate surface area is 190 Å². The fourth-order valence-electron chi connectivity index (χ4n) is 4.18. The number of rotatable bonds is 11. The molecule has 29 heavy (non-hydrogen) atoms. The second kappa shape index (κ2) is 10.8. The van der Waals surface area contributed by atoms with Crippen LogP contribution in [0.1, 0.15) is 64.0 Å². The van der Waals surface area contributed by atoms with E-state index >= 15 is 0 Å². The molecule has 0 spiro atoms. The van der Waals surface area contributed by atoms with Gasteiger partial charge in [0.25, 0.3) is 0 Å². The van der Waals surface area contributed by atoms with Crippen LogP contribution in [0, 0.1) is 11.8 Å². The van der Waals surface area contributed by atoms with E-state index in [-0.39, 0.29) is 33.3 Å². The van der Waals surface area contributed by atoms with E-state index in [0.29, 0.717) is 31.9 Å². The van der Waals surface area contributed by atoms with Gasteiger partial charge in [0.1, 0.15) is 0 Å². The van der Waals surface area contributed by atoms with Crippen LogP contribution in [0.4, 0.5) is 0 Å². The number of alkyl halides is 3. The van der Waals surface area contributed by atoms with Gasteiger partial charge < -0.3 is 14.9 Å². The van der Waals surface area contributed by atoms with E-state index < -0.39 is 0 Å². The highest BCUT2D eigenvalue weighted by Crippen LogP contribution is 2.43. The van der Waals surface area contributed by atoms with Crippen molar-refractivity contribution in [2.45, 2.75) is 87.9 Å². The maximum Gasteiger partial charge on any atom is 0.197 e. The average molecular weight is 469 g/mol. The van der Waals surface area contributed by atoms with Crippen molar-refractivity contribution in [2.24, 2.45) is 11.8 Å². The molecule has 0 bridgehead atoms. The molecule has 0 saturated carbocycles. The van der Waals surface area contributed by atoms with E-state index in [9.17, 15) is 10.2 Å². The first-order valence-electron chi connectivity index (χ1n) is 10.7. The van der Waals surface area contributed by atoms with Gasteiger partial charge in [-0.15, -0.1) is 34.8 Å². The van der Waals surface area contributed by atoms with Gasteiger partial charge in [-0.25, -0.2) is 0 Å². The molecule has 0 aromatic carbocycles. The molecular formula is C22H36Cl3NO3. The van der Waals surface area contributed by atoms with Crippen LogP contribution in [0.15, 0.2) is 0 Å². The van der Waals surface area contributed by atoms with Crippen molar-refractivity contribution in [3.05, 3.63) is 11.1 Å². The molecule has 0 saturated heterocycles. The third kappa shape index (κ3) is 6.59. The van der Waals surface area contributed by atoms with Crippen LogP contribution in [0.3, 0.4) is 0 Å². The summed E-state index contributed by atoms with van der Waals surface area (Å²) in [5.74, 6) is 0.981. The molecule has 168 valence electrons. The smallest absolute Gasteiger partial charge is 0.197 e. The second-order valence-corrected chi connectivity index (χ2v) is 11.1. The van der Waals surface area contributed by atoms with E-state index in [4.69, 9.17) is 39.5 Å². The number of fused-ring (bicyclic) bond motifs is 1. The van der Waals surface area contributed by atoms with Crippen molar-refractivity contribution >= 4 is 34.8 Å². The van der Waals surface area contributed by atoms with Crippen LogP contribution in [0.5, 0.6) is 11.8 Å². The minimum absolute atomic E-state index is 0.0548. The molecule has 7 heteroatoms. The Morgan fingerprint density at radius 3 is 2.38 bits per heavy atom. The number of halogens is 3. The van der Waals surface area contributed by atoms with Crippen LogP contribution < -0.4 is 0 Å². The summed E-state index contributed by atoms with van der Waals surface area (Å²) in [6, 6.07) is 0. The standard InChI is InChI=1S/C22H36Cl3NO3/c1-14(2)18(23)7-9-22(3,25)8-5-6-15-12-16-17(13-19(15)24)21(28)26(20(16)27)10-11-29-4/h14-15,18-19,27-28H,5-13H2,1-4H3. The molecule has 0 fully saturated rings.